The van der Waals surface area contributed by atoms with Crippen molar-refractivity contribution in [2.24, 2.45) is 5.92 Å². The van der Waals surface area contributed by atoms with Gasteiger partial charge in [-0.1, -0.05) is 6.42 Å². The predicted molar refractivity (Wildman–Crippen MR) is 32.8 cm³/mol. The summed E-state index contributed by atoms with van der Waals surface area (Å²) in [6.07, 6.45) is 5.66. The highest BCUT2D eigenvalue weighted by molar-refractivity contribution is 4.78. The van der Waals surface area contributed by atoms with Gasteiger partial charge < -0.3 is 0 Å². The Morgan fingerprint density at radius 2 is 2.00 bits per heavy atom. The first-order valence-electron chi connectivity index (χ1n) is 3.75. The normalized spacial score (nSPS) is 36.7. The fourth-order valence-electron chi connectivity index (χ4n) is 1.47. The molecule has 2 rings (SSSR count). The van der Waals surface area contributed by atoms with E-state index in [1.54, 1.807) is 0 Å². The third-order valence-electron chi connectivity index (χ3n) is 2.35. The Morgan fingerprint density at radius 1 is 1.11 bits per heavy atom. The molecule has 2 nitrogen and oxygen atoms in total. The summed E-state index contributed by atoms with van der Waals surface area (Å²) in [4.78, 5) is 9.87. The monoisotopic (exact) mass is 128 g/mol. The second-order valence-corrected chi connectivity index (χ2v) is 2.94. The van der Waals surface area contributed by atoms with E-state index in [2.05, 4.69) is 0 Å². The van der Waals surface area contributed by atoms with E-state index >= 15 is 0 Å². The molecule has 1 saturated carbocycles. The third-order valence-corrected chi connectivity index (χ3v) is 2.35. The second kappa shape index (κ2) is 2.27. The zero-order valence-electron chi connectivity index (χ0n) is 5.51. The molecule has 1 heterocycles. The summed E-state index contributed by atoms with van der Waals surface area (Å²) in [6, 6.07) is 0. The quantitative estimate of drug-likeness (QED) is 0.498. The largest absolute Gasteiger partial charge is 0.236 e. The lowest BCUT2D eigenvalue weighted by molar-refractivity contribution is -0.286. The zero-order valence-corrected chi connectivity index (χ0v) is 5.51. The topological polar surface area (TPSA) is 18.5 Å². The number of rotatable bonds is 1. The second-order valence-electron chi connectivity index (χ2n) is 2.94. The van der Waals surface area contributed by atoms with Gasteiger partial charge in [-0.3, -0.25) is 0 Å². The van der Waals surface area contributed by atoms with Gasteiger partial charge in [0, 0.05) is 6.42 Å². The van der Waals surface area contributed by atoms with Crippen molar-refractivity contribution in [3.63, 3.8) is 0 Å². The molecule has 1 aliphatic heterocycles. The molecule has 0 radical (unpaired) electrons. The maximum absolute atomic E-state index is 5.06. The van der Waals surface area contributed by atoms with Crippen LogP contribution in [0.15, 0.2) is 0 Å². The van der Waals surface area contributed by atoms with Gasteiger partial charge in [0.15, 0.2) is 0 Å². The van der Waals surface area contributed by atoms with Crippen LogP contribution in [0.3, 0.4) is 0 Å². The van der Waals surface area contributed by atoms with Crippen molar-refractivity contribution in [3.8, 4) is 0 Å². The summed E-state index contributed by atoms with van der Waals surface area (Å²) >= 11 is 0. The van der Waals surface area contributed by atoms with E-state index in [9.17, 15) is 0 Å². The molecule has 2 fully saturated rings. The lowest BCUT2D eigenvalue weighted by Gasteiger charge is -2.28. The Labute approximate surface area is 55.1 Å². The molecule has 1 unspecified atom stereocenters. The van der Waals surface area contributed by atoms with Gasteiger partial charge >= 0.3 is 0 Å². The Bertz CT molecular complexity index is 93.1. The maximum atomic E-state index is 5.06. The van der Waals surface area contributed by atoms with Gasteiger partial charge in [0.25, 0.3) is 0 Å². The molecule has 1 saturated heterocycles. The van der Waals surface area contributed by atoms with E-state index in [-0.39, 0.29) is 0 Å². The van der Waals surface area contributed by atoms with Gasteiger partial charge in [0.2, 0.25) is 0 Å². The van der Waals surface area contributed by atoms with Crippen LogP contribution in [-0.2, 0) is 9.78 Å². The Hall–Kier alpha value is -0.0800. The summed E-state index contributed by atoms with van der Waals surface area (Å²) in [5.41, 5.74) is 0. The van der Waals surface area contributed by atoms with Gasteiger partial charge in [-0.2, -0.15) is 0 Å². The van der Waals surface area contributed by atoms with Gasteiger partial charge in [0.1, 0.15) is 0 Å². The predicted octanol–water partition coefficient (Wildman–Crippen LogP) is 1.51. The van der Waals surface area contributed by atoms with E-state index in [4.69, 9.17) is 9.78 Å². The lowest BCUT2D eigenvalue weighted by Crippen LogP contribution is -2.25. The van der Waals surface area contributed by atoms with E-state index in [1.165, 1.54) is 19.3 Å². The molecular formula is C7H12O2. The van der Waals surface area contributed by atoms with E-state index in [0.717, 1.165) is 18.9 Å². The summed E-state index contributed by atoms with van der Waals surface area (Å²) < 4.78 is 0. The molecule has 0 aromatic heterocycles. The van der Waals surface area contributed by atoms with Gasteiger partial charge in [-0.25, -0.2) is 9.78 Å². The molecule has 1 aliphatic carbocycles. The average molecular weight is 128 g/mol. The molecule has 0 spiro atoms. The maximum Gasteiger partial charge on any atom is 0.0981 e. The Balaban J connectivity index is 1.82. The standard InChI is InChI=1S/C7H12O2/c1-2-6(3-1)7-4-5-8-9-7/h6-7H,1-5H2. The van der Waals surface area contributed by atoms with Crippen LogP contribution in [0.5, 0.6) is 0 Å². The minimum Gasteiger partial charge on any atom is -0.236 e. The van der Waals surface area contributed by atoms with Crippen molar-refractivity contribution in [3.05, 3.63) is 0 Å². The fraction of sp³-hybridized carbons (Fsp3) is 1.00. The van der Waals surface area contributed by atoms with Crippen LogP contribution in [0.25, 0.3) is 0 Å². The van der Waals surface area contributed by atoms with Crippen molar-refractivity contribution in [2.75, 3.05) is 6.61 Å². The first-order valence-corrected chi connectivity index (χ1v) is 3.75. The lowest BCUT2D eigenvalue weighted by atomic mass is 9.80. The SMILES string of the molecule is C1CC(C2CCOO2)C1. The molecule has 9 heavy (non-hydrogen) atoms. The van der Waals surface area contributed by atoms with Gasteiger partial charge in [0.05, 0.1) is 12.7 Å². The van der Waals surface area contributed by atoms with E-state index in [1.807, 2.05) is 0 Å². The van der Waals surface area contributed by atoms with E-state index in [0.29, 0.717) is 6.10 Å². The summed E-state index contributed by atoms with van der Waals surface area (Å²) in [5, 5.41) is 0. The minimum atomic E-state index is 0.443. The molecule has 0 bridgehead atoms. The van der Waals surface area contributed by atoms with Gasteiger partial charge in [-0.15, -0.1) is 0 Å². The Morgan fingerprint density at radius 3 is 2.44 bits per heavy atom. The number of hydrogen-bond donors (Lipinski definition) is 0. The van der Waals surface area contributed by atoms with Crippen LogP contribution >= 0.6 is 0 Å². The average Bonchev–Trinajstić information content (AvgIpc) is 2.11. The highest BCUT2D eigenvalue weighted by Crippen LogP contribution is 2.34. The van der Waals surface area contributed by atoms with Crippen LogP contribution < -0.4 is 0 Å². The van der Waals surface area contributed by atoms with Crippen LogP contribution in [0.4, 0.5) is 0 Å². The van der Waals surface area contributed by atoms with Crippen molar-refractivity contribution in [1.82, 2.24) is 0 Å². The molecule has 1 atom stereocenters. The molecule has 0 aromatic rings. The van der Waals surface area contributed by atoms with Crippen LogP contribution in [0.1, 0.15) is 25.7 Å². The fourth-order valence-corrected chi connectivity index (χ4v) is 1.47. The minimum absolute atomic E-state index is 0.443. The van der Waals surface area contributed by atoms with Crippen molar-refractivity contribution in [1.29, 1.82) is 0 Å². The third kappa shape index (κ3) is 0.970. The molecule has 2 aliphatic rings. The smallest absolute Gasteiger partial charge is 0.0981 e. The highest BCUT2D eigenvalue weighted by atomic mass is 17.2. The molecule has 0 aromatic carbocycles. The van der Waals surface area contributed by atoms with Crippen LogP contribution in [0.2, 0.25) is 0 Å². The summed E-state index contributed by atoms with van der Waals surface area (Å²) in [5.74, 6) is 0.826. The molecule has 0 amide bonds. The van der Waals surface area contributed by atoms with Crippen molar-refractivity contribution < 1.29 is 9.78 Å². The molecule has 2 heteroatoms. The summed E-state index contributed by atoms with van der Waals surface area (Å²) in [6.45, 7) is 0.807. The first-order chi connectivity index (χ1) is 4.47. The van der Waals surface area contributed by atoms with E-state index < -0.39 is 0 Å². The molecule has 52 valence electrons. The van der Waals surface area contributed by atoms with Crippen LogP contribution in [0, 0.1) is 5.92 Å². The zero-order chi connectivity index (χ0) is 6.10. The first kappa shape index (κ1) is 5.69. The molecular weight excluding hydrogens is 116 g/mol. The summed E-state index contributed by atoms with van der Waals surface area (Å²) in [7, 11) is 0. The van der Waals surface area contributed by atoms with Crippen molar-refractivity contribution >= 4 is 0 Å². The highest BCUT2D eigenvalue weighted by Gasteiger charge is 2.31. The number of hydrogen-bond acceptors (Lipinski definition) is 2. The Kier molecular flexibility index (Phi) is 1.44. The molecule has 0 N–H and O–H groups in total. The van der Waals surface area contributed by atoms with Crippen LogP contribution in [-0.4, -0.2) is 12.7 Å². The van der Waals surface area contributed by atoms with Crippen molar-refractivity contribution in [2.45, 2.75) is 31.8 Å². The van der Waals surface area contributed by atoms with Gasteiger partial charge in [-0.05, 0) is 18.8 Å².